The van der Waals surface area contributed by atoms with Gasteiger partial charge >= 0.3 is 5.97 Å². The molecule has 5 heteroatoms. The number of esters is 1. The first-order valence-electron chi connectivity index (χ1n) is 5.69. The van der Waals surface area contributed by atoms with Crippen molar-refractivity contribution in [2.24, 2.45) is 0 Å². The van der Waals surface area contributed by atoms with Gasteiger partial charge in [-0.05, 0) is 18.6 Å². The zero-order valence-corrected chi connectivity index (χ0v) is 10.7. The van der Waals surface area contributed by atoms with Crippen LogP contribution in [0.3, 0.4) is 0 Å². The molecule has 0 aromatic heterocycles. The molecule has 0 bridgehead atoms. The van der Waals surface area contributed by atoms with E-state index in [-0.39, 0.29) is 12.1 Å². The number of cyclic esters (lactones) is 1. The van der Waals surface area contributed by atoms with Gasteiger partial charge in [0.2, 0.25) is 5.75 Å². The average Bonchev–Trinajstić information content (AvgIpc) is 2.83. The molecule has 1 aromatic carbocycles. The Morgan fingerprint density at radius 1 is 1.11 bits per heavy atom. The highest BCUT2D eigenvalue weighted by Gasteiger charge is 2.29. The van der Waals surface area contributed by atoms with Gasteiger partial charge in [-0.3, -0.25) is 4.79 Å². The normalized spacial score (nSPS) is 18.4. The molecule has 5 nitrogen and oxygen atoms in total. The minimum atomic E-state index is -0.271. The lowest BCUT2D eigenvalue weighted by molar-refractivity contribution is -0.141. The van der Waals surface area contributed by atoms with Crippen molar-refractivity contribution >= 4 is 5.97 Å². The summed E-state index contributed by atoms with van der Waals surface area (Å²) in [5, 5.41) is 0. The standard InChI is InChI=1S/C13H16O5/c1-15-10-5-4-8(9-6-7-11(14)18-9)12(16-2)13(10)17-3/h4-5,9H,6-7H2,1-3H3. The van der Waals surface area contributed by atoms with E-state index in [1.807, 2.05) is 6.07 Å². The van der Waals surface area contributed by atoms with E-state index in [1.54, 1.807) is 27.4 Å². The molecule has 0 aliphatic carbocycles. The maximum absolute atomic E-state index is 11.2. The quantitative estimate of drug-likeness (QED) is 0.768. The van der Waals surface area contributed by atoms with Gasteiger partial charge in [0, 0.05) is 12.0 Å². The van der Waals surface area contributed by atoms with Crippen LogP contribution < -0.4 is 14.2 Å². The largest absolute Gasteiger partial charge is 0.493 e. The Morgan fingerprint density at radius 2 is 1.83 bits per heavy atom. The second-order valence-corrected chi connectivity index (χ2v) is 3.94. The SMILES string of the molecule is COc1ccc(C2CCC(=O)O2)c(OC)c1OC. The van der Waals surface area contributed by atoms with E-state index in [9.17, 15) is 4.79 Å². The highest BCUT2D eigenvalue weighted by Crippen LogP contribution is 2.45. The first-order valence-corrected chi connectivity index (χ1v) is 5.69. The second kappa shape index (κ2) is 5.16. The Kier molecular flexibility index (Phi) is 3.60. The molecule has 1 unspecified atom stereocenters. The number of hydrogen-bond acceptors (Lipinski definition) is 5. The molecule has 1 aromatic rings. The van der Waals surface area contributed by atoms with Gasteiger partial charge in [0.1, 0.15) is 6.10 Å². The van der Waals surface area contributed by atoms with E-state index < -0.39 is 0 Å². The van der Waals surface area contributed by atoms with Gasteiger partial charge < -0.3 is 18.9 Å². The van der Waals surface area contributed by atoms with Gasteiger partial charge in [-0.25, -0.2) is 0 Å². The van der Waals surface area contributed by atoms with E-state index in [0.717, 1.165) is 5.56 Å². The summed E-state index contributed by atoms with van der Waals surface area (Å²) in [4.78, 5) is 11.2. The van der Waals surface area contributed by atoms with Gasteiger partial charge in [0.05, 0.1) is 21.3 Å². The van der Waals surface area contributed by atoms with Crippen molar-refractivity contribution in [1.29, 1.82) is 0 Å². The van der Waals surface area contributed by atoms with Crippen molar-refractivity contribution in [3.8, 4) is 17.2 Å². The fourth-order valence-corrected chi connectivity index (χ4v) is 2.12. The zero-order valence-electron chi connectivity index (χ0n) is 10.7. The van der Waals surface area contributed by atoms with Gasteiger partial charge in [0.15, 0.2) is 11.5 Å². The number of ether oxygens (including phenoxy) is 4. The van der Waals surface area contributed by atoms with Gasteiger partial charge in [-0.15, -0.1) is 0 Å². The molecule has 2 rings (SSSR count). The summed E-state index contributed by atoms with van der Waals surface area (Å²) in [6.07, 6.45) is 0.819. The lowest BCUT2D eigenvalue weighted by Gasteiger charge is -2.18. The minimum Gasteiger partial charge on any atom is -0.493 e. The first kappa shape index (κ1) is 12.5. The maximum atomic E-state index is 11.2. The van der Waals surface area contributed by atoms with Crippen LogP contribution in [0.1, 0.15) is 24.5 Å². The molecule has 1 fully saturated rings. The van der Waals surface area contributed by atoms with Crippen molar-refractivity contribution in [3.63, 3.8) is 0 Å². The van der Waals surface area contributed by atoms with Crippen LogP contribution in [-0.4, -0.2) is 27.3 Å². The Bertz CT molecular complexity index is 455. The number of methoxy groups -OCH3 is 3. The number of carbonyl (C=O) groups excluding carboxylic acids is 1. The number of hydrogen-bond donors (Lipinski definition) is 0. The third-order valence-electron chi connectivity index (χ3n) is 2.97. The van der Waals surface area contributed by atoms with E-state index >= 15 is 0 Å². The summed E-state index contributed by atoms with van der Waals surface area (Å²) in [5.41, 5.74) is 0.806. The molecule has 0 N–H and O–H groups in total. The number of rotatable bonds is 4. The van der Waals surface area contributed by atoms with Crippen LogP contribution in [0.25, 0.3) is 0 Å². The summed E-state index contributed by atoms with van der Waals surface area (Å²) in [7, 11) is 4.66. The third kappa shape index (κ3) is 2.08. The van der Waals surface area contributed by atoms with E-state index in [4.69, 9.17) is 18.9 Å². The highest BCUT2D eigenvalue weighted by atomic mass is 16.6. The van der Waals surface area contributed by atoms with Crippen LogP contribution >= 0.6 is 0 Å². The molecule has 1 aliphatic rings. The second-order valence-electron chi connectivity index (χ2n) is 3.94. The first-order chi connectivity index (χ1) is 8.71. The minimum absolute atomic E-state index is 0.183. The Hall–Kier alpha value is -1.91. The lowest BCUT2D eigenvalue weighted by atomic mass is 10.0. The topological polar surface area (TPSA) is 54.0 Å². The molecular formula is C13H16O5. The fraction of sp³-hybridized carbons (Fsp3) is 0.462. The van der Waals surface area contributed by atoms with Crippen LogP contribution in [0.4, 0.5) is 0 Å². The molecule has 0 amide bonds. The molecule has 98 valence electrons. The predicted molar refractivity (Wildman–Crippen MR) is 64.2 cm³/mol. The lowest BCUT2D eigenvalue weighted by Crippen LogP contribution is -2.04. The van der Waals surface area contributed by atoms with E-state index in [0.29, 0.717) is 30.1 Å². The Morgan fingerprint density at radius 3 is 2.33 bits per heavy atom. The molecule has 1 atom stereocenters. The predicted octanol–water partition coefficient (Wildman–Crippen LogP) is 2.09. The number of benzene rings is 1. The molecule has 18 heavy (non-hydrogen) atoms. The average molecular weight is 252 g/mol. The maximum Gasteiger partial charge on any atom is 0.306 e. The van der Waals surface area contributed by atoms with Crippen LogP contribution in [0.2, 0.25) is 0 Å². The molecule has 0 spiro atoms. The van der Waals surface area contributed by atoms with E-state index in [2.05, 4.69) is 0 Å². The van der Waals surface area contributed by atoms with Crippen molar-refractivity contribution in [1.82, 2.24) is 0 Å². The smallest absolute Gasteiger partial charge is 0.306 e. The van der Waals surface area contributed by atoms with Crippen LogP contribution in [-0.2, 0) is 9.53 Å². The molecule has 0 saturated carbocycles. The van der Waals surface area contributed by atoms with Crippen LogP contribution in [0, 0.1) is 0 Å². The van der Waals surface area contributed by atoms with Crippen LogP contribution in [0.15, 0.2) is 12.1 Å². The zero-order chi connectivity index (χ0) is 13.1. The molecule has 1 heterocycles. The summed E-state index contributed by atoms with van der Waals surface area (Å²) in [6, 6.07) is 3.62. The third-order valence-corrected chi connectivity index (χ3v) is 2.97. The van der Waals surface area contributed by atoms with E-state index in [1.165, 1.54) is 0 Å². The highest BCUT2D eigenvalue weighted by molar-refractivity contribution is 5.72. The van der Waals surface area contributed by atoms with Gasteiger partial charge in [-0.2, -0.15) is 0 Å². The van der Waals surface area contributed by atoms with Crippen LogP contribution in [0.5, 0.6) is 17.2 Å². The molecule has 0 radical (unpaired) electrons. The summed E-state index contributed by atoms with van der Waals surface area (Å²) < 4.78 is 21.1. The Labute approximate surface area is 106 Å². The fourth-order valence-electron chi connectivity index (χ4n) is 2.12. The van der Waals surface area contributed by atoms with Crippen molar-refractivity contribution in [2.75, 3.05) is 21.3 Å². The number of carbonyl (C=O) groups is 1. The van der Waals surface area contributed by atoms with Gasteiger partial charge in [-0.1, -0.05) is 0 Å². The molecule has 1 saturated heterocycles. The summed E-state index contributed by atoms with van der Waals surface area (Å²) >= 11 is 0. The van der Waals surface area contributed by atoms with Crippen molar-refractivity contribution < 1.29 is 23.7 Å². The summed E-state index contributed by atoms with van der Waals surface area (Å²) in [6.45, 7) is 0. The monoisotopic (exact) mass is 252 g/mol. The van der Waals surface area contributed by atoms with Gasteiger partial charge in [0.25, 0.3) is 0 Å². The summed E-state index contributed by atoms with van der Waals surface area (Å²) in [5.74, 6) is 1.47. The Balaban J connectivity index is 2.44. The van der Waals surface area contributed by atoms with Crippen molar-refractivity contribution in [2.45, 2.75) is 18.9 Å². The molecular weight excluding hydrogens is 236 g/mol. The van der Waals surface area contributed by atoms with Crippen molar-refractivity contribution in [3.05, 3.63) is 17.7 Å². The molecule has 1 aliphatic heterocycles.